The van der Waals surface area contributed by atoms with Gasteiger partial charge < -0.3 is 20.5 Å². The zero-order valence-corrected chi connectivity index (χ0v) is 16.7. The van der Waals surface area contributed by atoms with E-state index in [-0.39, 0.29) is 0 Å². The molecule has 5 nitrogen and oxygen atoms in total. The molecule has 1 spiro atoms. The van der Waals surface area contributed by atoms with E-state index in [2.05, 4.69) is 16.7 Å². The molecule has 2 atom stereocenters. The minimum atomic E-state index is -0.897. The normalized spacial score (nSPS) is 26.9. The largest absolute Gasteiger partial charge is 0.497 e. The second kappa shape index (κ2) is 7.39. The number of hydrogen-bond donors (Lipinski definition) is 3. The number of hydrogen-bond acceptors (Lipinski definition) is 4. The molecule has 0 fully saturated rings. The van der Waals surface area contributed by atoms with E-state index in [4.69, 9.17) is 4.74 Å². The number of benzene rings is 1. The molecule has 1 amide bonds. The second-order valence-corrected chi connectivity index (χ2v) is 7.90. The van der Waals surface area contributed by atoms with Crippen molar-refractivity contribution in [2.24, 2.45) is 0 Å². The first-order valence-electron chi connectivity index (χ1n) is 9.61. The summed E-state index contributed by atoms with van der Waals surface area (Å²) in [4.78, 5) is 11.3. The van der Waals surface area contributed by atoms with Crippen LogP contribution in [0, 0.1) is 0 Å². The zero-order valence-electron chi connectivity index (χ0n) is 16.7. The molecule has 1 aromatic carbocycles. The third kappa shape index (κ3) is 3.25. The number of anilines is 1. The highest BCUT2D eigenvalue weighted by Crippen LogP contribution is 2.55. The fraction of sp³-hybridized carbons (Fsp3) is 0.500. The van der Waals surface area contributed by atoms with Gasteiger partial charge in [0, 0.05) is 36.2 Å². The SMILES string of the molecule is CCC1(O)CC(C=C(C)C)=C(NC=O)C[C@@]12CCNc1ccc(OC)cc12. The number of methoxy groups -OCH3 is 1. The standard InChI is InChI=1S/C22H30N2O3/c1-5-22(26)12-16(10-15(2)3)20(24-14-25)13-21(22)8-9-23-19-7-6-17(27-4)11-18(19)21/h6-7,10-11,14,23,26H,5,8-9,12-13H2,1-4H3,(H,24,25)/t21-,22?/m1/s1. The van der Waals surface area contributed by atoms with Gasteiger partial charge in [-0.2, -0.15) is 0 Å². The number of amides is 1. The fourth-order valence-corrected chi connectivity index (χ4v) is 4.75. The Morgan fingerprint density at radius 1 is 1.37 bits per heavy atom. The number of carbonyl (C=O) groups is 1. The van der Waals surface area contributed by atoms with E-state index in [1.54, 1.807) is 7.11 Å². The van der Waals surface area contributed by atoms with Gasteiger partial charge in [0.15, 0.2) is 0 Å². The molecule has 5 heteroatoms. The first-order chi connectivity index (χ1) is 12.9. The number of aliphatic hydroxyl groups is 1. The van der Waals surface area contributed by atoms with Crippen molar-refractivity contribution < 1.29 is 14.6 Å². The van der Waals surface area contributed by atoms with Gasteiger partial charge in [-0.1, -0.05) is 18.6 Å². The lowest BCUT2D eigenvalue weighted by Crippen LogP contribution is -2.57. The lowest BCUT2D eigenvalue weighted by molar-refractivity contribution is -0.109. The number of nitrogens with one attached hydrogen (secondary N) is 2. The quantitative estimate of drug-likeness (QED) is 0.692. The molecular formula is C22H30N2O3. The molecule has 0 saturated carbocycles. The van der Waals surface area contributed by atoms with Gasteiger partial charge in [-0.15, -0.1) is 0 Å². The van der Waals surface area contributed by atoms with Crippen molar-refractivity contribution in [2.45, 2.75) is 57.5 Å². The Kier molecular flexibility index (Phi) is 5.33. The summed E-state index contributed by atoms with van der Waals surface area (Å²) in [7, 11) is 1.66. The summed E-state index contributed by atoms with van der Waals surface area (Å²) >= 11 is 0. The molecule has 1 aromatic rings. The van der Waals surface area contributed by atoms with Crippen LogP contribution >= 0.6 is 0 Å². The third-order valence-corrected chi connectivity index (χ3v) is 6.13. The van der Waals surface area contributed by atoms with E-state index < -0.39 is 11.0 Å². The Balaban J connectivity index is 2.22. The molecule has 0 saturated heterocycles. The van der Waals surface area contributed by atoms with Crippen LogP contribution in [-0.2, 0) is 10.2 Å². The van der Waals surface area contributed by atoms with Crippen LogP contribution in [0.5, 0.6) is 5.75 Å². The molecule has 0 radical (unpaired) electrons. The van der Waals surface area contributed by atoms with Gasteiger partial charge in [-0.05, 0) is 56.0 Å². The fourth-order valence-electron chi connectivity index (χ4n) is 4.75. The van der Waals surface area contributed by atoms with E-state index in [0.29, 0.717) is 19.3 Å². The van der Waals surface area contributed by atoms with Crippen molar-refractivity contribution >= 4 is 12.1 Å². The van der Waals surface area contributed by atoms with Gasteiger partial charge in [0.2, 0.25) is 6.41 Å². The number of ether oxygens (including phenoxy) is 1. The monoisotopic (exact) mass is 370 g/mol. The van der Waals surface area contributed by atoms with E-state index in [0.717, 1.165) is 53.2 Å². The van der Waals surface area contributed by atoms with Crippen LogP contribution in [0.4, 0.5) is 5.69 Å². The molecule has 3 rings (SSSR count). The predicted octanol–water partition coefficient (Wildman–Crippen LogP) is 3.65. The molecule has 1 heterocycles. The molecular weight excluding hydrogens is 340 g/mol. The van der Waals surface area contributed by atoms with E-state index >= 15 is 0 Å². The number of fused-ring (bicyclic) bond motifs is 2. The highest BCUT2D eigenvalue weighted by Gasteiger charge is 2.55. The summed E-state index contributed by atoms with van der Waals surface area (Å²) in [6.45, 7) is 6.90. The topological polar surface area (TPSA) is 70.6 Å². The Hall–Kier alpha value is -2.27. The summed E-state index contributed by atoms with van der Waals surface area (Å²) in [6, 6.07) is 5.99. The molecule has 1 aliphatic carbocycles. The van der Waals surface area contributed by atoms with Crippen LogP contribution in [-0.4, -0.2) is 30.8 Å². The van der Waals surface area contributed by atoms with Gasteiger partial charge in [0.05, 0.1) is 12.7 Å². The Morgan fingerprint density at radius 2 is 2.15 bits per heavy atom. The van der Waals surface area contributed by atoms with Gasteiger partial charge >= 0.3 is 0 Å². The van der Waals surface area contributed by atoms with Crippen LogP contribution in [0.15, 0.2) is 41.1 Å². The maximum Gasteiger partial charge on any atom is 0.211 e. The van der Waals surface area contributed by atoms with Crippen molar-refractivity contribution in [3.05, 3.63) is 46.7 Å². The zero-order chi connectivity index (χ0) is 19.7. The second-order valence-electron chi connectivity index (χ2n) is 7.90. The van der Waals surface area contributed by atoms with Gasteiger partial charge in [0.1, 0.15) is 5.75 Å². The molecule has 146 valence electrons. The van der Waals surface area contributed by atoms with Crippen LogP contribution in [0.25, 0.3) is 0 Å². The highest BCUT2D eigenvalue weighted by molar-refractivity contribution is 5.63. The number of rotatable bonds is 5. The van der Waals surface area contributed by atoms with E-state index in [9.17, 15) is 9.90 Å². The van der Waals surface area contributed by atoms with Crippen molar-refractivity contribution in [3.8, 4) is 5.75 Å². The summed E-state index contributed by atoms with van der Waals surface area (Å²) in [5.74, 6) is 0.777. The lowest BCUT2D eigenvalue weighted by atomic mass is 9.55. The average molecular weight is 370 g/mol. The van der Waals surface area contributed by atoms with Crippen LogP contribution < -0.4 is 15.4 Å². The Morgan fingerprint density at radius 3 is 2.78 bits per heavy atom. The predicted molar refractivity (Wildman–Crippen MR) is 108 cm³/mol. The molecule has 0 aromatic heterocycles. The van der Waals surface area contributed by atoms with Crippen LogP contribution in [0.1, 0.15) is 52.0 Å². The molecule has 2 aliphatic rings. The Bertz CT molecular complexity index is 795. The van der Waals surface area contributed by atoms with Crippen molar-refractivity contribution in [1.29, 1.82) is 0 Å². The minimum absolute atomic E-state index is 0.471. The van der Waals surface area contributed by atoms with Gasteiger partial charge in [-0.3, -0.25) is 4.79 Å². The summed E-state index contributed by atoms with van der Waals surface area (Å²) in [5, 5.41) is 18.3. The van der Waals surface area contributed by atoms with Crippen molar-refractivity contribution in [3.63, 3.8) is 0 Å². The molecule has 1 aliphatic heterocycles. The van der Waals surface area contributed by atoms with Crippen LogP contribution in [0.2, 0.25) is 0 Å². The molecule has 1 unspecified atom stereocenters. The van der Waals surface area contributed by atoms with E-state index in [1.807, 2.05) is 39.0 Å². The van der Waals surface area contributed by atoms with Crippen LogP contribution in [0.3, 0.4) is 0 Å². The lowest BCUT2D eigenvalue weighted by Gasteiger charge is -2.54. The van der Waals surface area contributed by atoms with Gasteiger partial charge in [-0.25, -0.2) is 0 Å². The van der Waals surface area contributed by atoms with E-state index in [1.165, 1.54) is 0 Å². The Labute approximate surface area is 161 Å². The minimum Gasteiger partial charge on any atom is -0.497 e. The number of allylic oxidation sites excluding steroid dienone is 3. The van der Waals surface area contributed by atoms with Crippen molar-refractivity contribution in [1.82, 2.24) is 5.32 Å². The first-order valence-corrected chi connectivity index (χ1v) is 9.61. The maximum atomic E-state index is 11.9. The third-order valence-electron chi connectivity index (χ3n) is 6.13. The maximum absolute atomic E-state index is 11.9. The summed E-state index contributed by atoms with van der Waals surface area (Å²) in [5.41, 5.74) is 3.80. The first kappa shape index (κ1) is 19.5. The average Bonchev–Trinajstić information content (AvgIpc) is 2.65. The number of carbonyl (C=O) groups excluding carboxylic acids is 1. The molecule has 3 N–H and O–H groups in total. The molecule has 27 heavy (non-hydrogen) atoms. The highest BCUT2D eigenvalue weighted by atomic mass is 16.5. The molecule has 0 bridgehead atoms. The van der Waals surface area contributed by atoms with Crippen molar-refractivity contribution in [2.75, 3.05) is 19.0 Å². The van der Waals surface area contributed by atoms with Gasteiger partial charge in [0.25, 0.3) is 0 Å². The summed E-state index contributed by atoms with van der Waals surface area (Å²) in [6.07, 6.45) is 5.36. The smallest absolute Gasteiger partial charge is 0.211 e. The summed E-state index contributed by atoms with van der Waals surface area (Å²) < 4.78 is 5.46.